The van der Waals surface area contributed by atoms with Crippen LogP contribution in [0.25, 0.3) is 16.6 Å². The molecule has 2 aromatic rings. The highest BCUT2D eigenvalue weighted by Gasteiger charge is 2.31. The van der Waals surface area contributed by atoms with Crippen molar-refractivity contribution in [3.8, 4) is 10.6 Å². The SMILES string of the molecule is CCCCOC(=O)N1CCN(C(=O)[C@H](CO)CC(=O)c2nc(-c3ccccc3)sc2/C=C/C(=O)O)CC1. The molecule has 11 heteroatoms. The summed E-state index contributed by atoms with van der Waals surface area (Å²) in [7, 11) is 0. The minimum Gasteiger partial charge on any atom is -0.478 e. The van der Waals surface area contributed by atoms with Gasteiger partial charge in [0.25, 0.3) is 0 Å². The van der Waals surface area contributed by atoms with Crippen molar-refractivity contribution in [1.29, 1.82) is 0 Å². The Bertz CT molecular complexity index is 1120. The Morgan fingerprint density at radius 2 is 1.78 bits per heavy atom. The fourth-order valence-electron chi connectivity index (χ4n) is 3.81. The predicted octanol–water partition coefficient (Wildman–Crippen LogP) is 3.17. The van der Waals surface area contributed by atoms with Crippen LogP contribution in [0.15, 0.2) is 36.4 Å². The maximum absolute atomic E-state index is 13.2. The van der Waals surface area contributed by atoms with E-state index < -0.39 is 30.4 Å². The Labute approximate surface area is 219 Å². The van der Waals surface area contributed by atoms with Gasteiger partial charge in [-0.1, -0.05) is 43.7 Å². The van der Waals surface area contributed by atoms with Crippen LogP contribution < -0.4 is 0 Å². The maximum atomic E-state index is 13.2. The first-order valence-electron chi connectivity index (χ1n) is 12.2. The lowest BCUT2D eigenvalue weighted by molar-refractivity contribution is -0.138. The number of aliphatic carboxylic acids is 1. The average molecular weight is 530 g/mol. The second kappa shape index (κ2) is 13.7. The second-order valence-corrected chi connectivity index (χ2v) is 9.59. The molecule has 2 N–H and O–H groups in total. The molecule has 1 fully saturated rings. The zero-order chi connectivity index (χ0) is 26.8. The predicted molar refractivity (Wildman–Crippen MR) is 138 cm³/mol. The van der Waals surface area contributed by atoms with Gasteiger partial charge >= 0.3 is 12.1 Å². The van der Waals surface area contributed by atoms with Crippen LogP contribution in [0.4, 0.5) is 4.79 Å². The largest absolute Gasteiger partial charge is 0.478 e. The first kappa shape index (κ1) is 28.0. The van der Waals surface area contributed by atoms with E-state index in [-0.39, 0.29) is 31.1 Å². The zero-order valence-electron chi connectivity index (χ0n) is 20.7. The molecule has 0 unspecified atom stereocenters. The lowest BCUT2D eigenvalue weighted by atomic mass is 9.99. The van der Waals surface area contributed by atoms with Gasteiger partial charge in [0.05, 0.1) is 24.0 Å². The summed E-state index contributed by atoms with van der Waals surface area (Å²) >= 11 is 1.17. The highest BCUT2D eigenvalue weighted by atomic mass is 32.1. The number of aliphatic hydroxyl groups is 1. The fraction of sp³-hybridized carbons (Fsp3) is 0.423. The van der Waals surface area contributed by atoms with Gasteiger partial charge in [-0.25, -0.2) is 14.6 Å². The number of aromatic nitrogens is 1. The molecule has 1 aromatic heterocycles. The van der Waals surface area contributed by atoms with Crippen molar-refractivity contribution in [3.05, 3.63) is 47.0 Å². The number of rotatable bonds is 11. The van der Waals surface area contributed by atoms with Gasteiger partial charge in [0.15, 0.2) is 5.78 Å². The lowest BCUT2D eigenvalue weighted by Crippen LogP contribution is -2.52. The van der Waals surface area contributed by atoms with Gasteiger partial charge in [0.2, 0.25) is 5.91 Å². The van der Waals surface area contributed by atoms with Gasteiger partial charge in [0, 0.05) is 44.2 Å². The molecule has 37 heavy (non-hydrogen) atoms. The van der Waals surface area contributed by atoms with E-state index in [1.165, 1.54) is 22.3 Å². The number of carboxylic acids is 1. The summed E-state index contributed by atoms with van der Waals surface area (Å²) in [6, 6.07) is 9.17. The number of carbonyl (C=O) groups excluding carboxylic acids is 3. The molecule has 2 heterocycles. The Morgan fingerprint density at radius 1 is 1.11 bits per heavy atom. The van der Waals surface area contributed by atoms with E-state index in [1.807, 2.05) is 37.3 Å². The van der Waals surface area contributed by atoms with Crippen LogP contribution in [0, 0.1) is 5.92 Å². The summed E-state index contributed by atoms with van der Waals surface area (Å²) in [6.07, 6.45) is 3.27. The highest BCUT2D eigenvalue weighted by molar-refractivity contribution is 7.16. The van der Waals surface area contributed by atoms with E-state index >= 15 is 0 Å². The third-order valence-corrected chi connectivity index (χ3v) is 6.96. The number of piperazine rings is 1. The summed E-state index contributed by atoms with van der Waals surface area (Å²) in [5.74, 6) is -2.98. The smallest absolute Gasteiger partial charge is 0.409 e. The molecule has 1 atom stereocenters. The average Bonchev–Trinajstić information content (AvgIpc) is 3.35. The summed E-state index contributed by atoms with van der Waals surface area (Å²) in [5, 5.41) is 19.5. The topological polar surface area (TPSA) is 137 Å². The molecule has 1 aromatic carbocycles. The summed E-state index contributed by atoms with van der Waals surface area (Å²) in [6.45, 7) is 2.99. The monoisotopic (exact) mass is 529 g/mol. The number of nitrogens with zero attached hydrogens (tertiary/aromatic N) is 3. The normalized spacial score (nSPS) is 14.5. The van der Waals surface area contributed by atoms with Crippen molar-refractivity contribution in [1.82, 2.24) is 14.8 Å². The first-order valence-corrected chi connectivity index (χ1v) is 13.0. The van der Waals surface area contributed by atoms with E-state index in [1.54, 1.807) is 4.90 Å². The molecule has 0 bridgehead atoms. The Balaban J connectivity index is 1.67. The van der Waals surface area contributed by atoms with Gasteiger partial charge < -0.3 is 24.7 Å². The summed E-state index contributed by atoms with van der Waals surface area (Å²) in [4.78, 5) is 57.3. The van der Waals surface area contributed by atoms with Gasteiger partial charge in [0.1, 0.15) is 10.7 Å². The third kappa shape index (κ3) is 7.70. The number of hydrogen-bond acceptors (Lipinski definition) is 8. The number of unbranched alkanes of at least 4 members (excludes halogenated alkanes) is 1. The molecule has 0 aliphatic carbocycles. The second-order valence-electron chi connectivity index (χ2n) is 8.56. The van der Waals surface area contributed by atoms with Crippen LogP contribution in [-0.2, 0) is 14.3 Å². The standard InChI is InChI=1S/C26H31N3O7S/c1-2-3-15-36-26(35)29-13-11-28(12-14-29)25(34)19(17-30)16-20(31)23-21(9-10-22(32)33)37-24(27-23)18-7-5-4-6-8-18/h4-10,19,30H,2-3,11-17H2,1H3,(H,32,33)/b10-9+/t19-/m0/s1. The number of ether oxygens (including phenoxy) is 1. The molecule has 0 spiro atoms. The lowest BCUT2D eigenvalue weighted by Gasteiger charge is -2.35. The summed E-state index contributed by atoms with van der Waals surface area (Å²) in [5.41, 5.74) is 0.838. The van der Waals surface area contributed by atoms with Crippen LogP contribution >= 0.6 is 11.3 Å². The van der Waals surface area contributed by atoms with Gasteiger partial charge in [-0.3, -0.25) is 9.59 Å². The molecule has 1 aliphatic rings. The van der Waals surface area contributed by atoms with E-state index in [9.17, 15) is 24.3 Å². The van der Waals surface area contributed by atoms with Gasteiger partial charge in [-0.15, -0.1) is 11.3 Å². The molecule has 198 valence electrons. The van der Waals surface area contributed by atoms with Crippen molar-refractivity contribution < 1.29 is 34.1 Å². The maximum Gasteiger partial charge on any atom is 0.409 e. The third-order valence-electron chi connectivity index (χ3n) is 5.89. The van der Waals surface area contributed by atoms with Crippen LogP contribution in [0.1, 0.15) is 41.6 Å². The number of ketones is 1. The van der Waals surface area contributed by atoms with Crippen LogP contribution in [0.3, 0.4) is 0 Å². The molecule has 1 saturated heterocycles. The molecule has 3 rings (SSSR count). The van der Waals surface area contributed by atoms with Crippen LogP contribution in [0.5, 0.6) is 0 Å². The number of carboxylic acid groups (broad SMARTS) is 1. The number of Topliss-reactive ketones (excluding diaryl/α,β-unsaturated/α-hetero) is 1. The fourth-order valence-corrected chi connectivity index (χ4v) is 4.80. The molecule has 0 saturated carbocycles. The summed E-state index contributed by atoms with van der Waals surface area (Å²) < 4.78 is 5.22. The number of hydrogen-bond donors (Lipinski definition) is 2. The minimum absolute atomic E-state index is 0.0623. The molecule has 0 radical (unpaired) electrons. The Kier molecular flexibility index (Phi) is 10.3. The Morgan fingerprint density at radius 3 is 2.41 bits per heavy atom. The minimum atomic E-state index is -1.16. The van der Waals surface area contributed by atoms with E-state index in [0.29, 0.717) is 29.6 Å². The molecular weight excluding hydrogens is 498 g/mol. The zero-order valence-corrected chi connectivity index (χ0v) is 21.5. The van der Waals surface area contributed by atoms with E-state index in [4.69, 9.17) is 9.84 Å². The van der Waals surface area contributed by atoms with Crippen LogP contribution in [-0.4, -0.2) is 88.1 Å². The Hall–Kier alpha value is -3.57. The number of benzene rings is 1. The van der Waals surface area contributed by atoms with Gasteiger partial charge in [-0.05, 0) is 12.5 Å². The quantitative estimate of drug-likeness (QED) is 0.257. The van der Waals surface area contributed by atoms with Crippen molar-refractivity contribution in [3.63, 3.8) is 0 Å². The van der Waals surface area contributed by atoms with Gasteiger partial charge in [-0.2, -0.15) is 0 Å². The van der Waals surface area contributed by atoms with E-state index in [2.05, 4.69) is 4.98 Å². The van der Waals surface area contributed by atoms with E-state index in [0.717, 1.165) is 24.5 Å². The number of carbonyl (C=O) groups is 4. The number of aliphatic hydroxyl groups excluding tert-OH is 1. The molecule has 2 amide bonds. The first-order chi connectivity index (χ1) is 17.8. The number of thiazole rings is 1. The molecule has 1 aliphatic heterocycles. The van der Waals surface area contributed by atoms with Crippen molar-refractivity contribution in [2.75, 3.05) is 39.4 Å². The van der Waals surface area contributed by atoms with Crippen LogP contribution in [0.2, 0.25) is 0 Å². The van der Waals surface area contributed by atoms with Crippen molar-refractivity contribution >= 4 is 41.2 Å². The molecular formula is C26H31N3O7S. The highest BCUT2D eigenvalue weighted by Crippen LogP contribution is 2.30. The van der Waals surface area contributed by atoms with Crippen molar-refractivity contribution in [2.45, 2.75) is 26.2 Å². The van der Waals surface area contributed by atoms with Crippen molar-refractivity contribution in [2.24, 2.45) is 5.92 Å². The number of amides is 2. The molecule has 10 nitrogen and oxygen atoms in total.